The van der Waals surface area contributed by atoms with Gasteiger partial charge in [-0.15, -0.1) is 11.3 Å². The lowest BCUT2D eigenvalue weighted by Crippen LogP contribution is -2.35. The minimum absolute atomic E-state index is 0.0786. The molecule has 3 nitrogen and oxygen atoms in total. The first-order chi connectivity index (χ1) is 10.2. The van der Waals surface area contributed by atoms with Crippen LogP contribution in [0.1, 0.15) is 37.6 Å². The van der Waals surface area contributed by atoms with Crippen LogP contribution in [0.5, 0.6) is 0 Å². The van der Waals surface area contributed by atoms with E-state index in [2.05, 4.69) is 30.4 Å². The predicted octanol–water partition coefficient (Wildman–Crippen LogP) is 3.37. The fraction of sp³-hybridized carbons (Fsp3) is 0.588. The van der Waals surface area contributed by atoms with Gasteiger partial charge in [-0.1, -0.05) is 18.6 Å². The summed E-state index contributed by atoms with van der Waals surface area (Å²) >= 11 is 1.80. The molecule has 0 spiro atoms. The summed E-state index contributed by atoms with van der Waals surface area (Å²) in [7, 11) is 0. The van der Waals surface area contributed by atoms with Gasteiger partial charge in [-0.05, 0) is 50.8 Å². The number of nitrogens with one attached hydrogen (secondary N) is 1. The quantitative estimate of drug-likeness (QED) is 0.890. The van der Waals surface area contributed by atoms with Gasteiger partial charge in [0, 0.05) is 12.5 Å². The van der Waals surface area contributed by atoms with Crippen molar-refractivity contribution < 1.29 is 5.11 Å². The first-order valence-electron chi connectivity index (χ1n) is 7.96. The molecule has 0 amide bonds. The van der Waals surface area contributed by atoms with Crippen molar-refractivity contribution in [2.45, 2.75) is 51.2 Å². The number of aliphatic hydroxyl groups is 1. The molecule has 1 fully saturated rings. The van der Waals surface area contributed by atoms with Gasteiger partial charge < -0.3 is 10.4 Å². The standard InChI is InChI=1S/C17H24N2OS/c1-12(18-11-13-5-4-6-14(20)10-13)9-17-19-15-7-2-3-8-16(15)21-17/h2-3,7-8,12-14,18,20H,4-6,9-11H2,1H3. The molecule has 0 saturated heterocycles. The number of hydrogen-bond acceptors (Lipinski definition) is 4. The lowest BCUT2D eigenvalue weighted by atomic mass is 9.87. The van der Waals surface area contributed by atoms with Crippen LogP contribution in [-0.2, 0) is 6.42 Å². The van der Waals surface area contributed by atoms with Crippen molar-refractivity contribution in [1.29, 1.82) is 0 Å². The SMILES string of the molecule is CC(Cc1nc2ccccc2s1)NCC1CCCC(O)C1. The van der Waals surface area contributed by atoms with Crippen molar-refractivity contribution in [3.63, 3.8) is 0 Å². The highest BCUT2D eigenvalue weighted by Crippen LogP contribution is 2.24. The molecule has 1 saturated carbocycles. The second-order valence-corrected chi connectivity index (χ2v) is 7.39. The van der Waals surface area contributed by atoms with Gasteiger partial charge >= 0.3 is 0 Å². The van der Waals surface area contributed by atoms with Crippen LogP contribution in [0.15, 0.2) is 24.3 Å². The van der Waals surface area contributed by atoms with E-state index in [1.165, 1.54) is 22.5 Å². The van der Waals surface area contributed by atoms with Gasteiger partial charge in [0.1, 0.15) is 0 Å². The predicted molar refractivity (Wildman–Crippen MR) is 88.8 cm³/mol. The Hall–Kier alpha value is -0.970. The van der Waals surface area contributed by atoms with E-state index in [9.17, 15) is 5.11 Å². The van der Waals surface area contributed by atoms with Crippen LogP contribution in [0.25, 0.3) is 10.2 Å². The number of para-hydroxylation sites is 1. The molecule has 2 N–H and O–H groups in total. The minimum atomic E-state index is -0.0786. The summed E-state index contributed by atoms with van der Waals surface area (Å²) in [6, 6.07) is 8.77. The Morgan fingerprint density at radius 2 is 2.24 bits per heavy atom. The molecule has 1 aromatic carbocycles. The first kappa shape index (κ1) is 14.9. The Morgan fingerprint density at radius 3 is 3.05 bits per heavy atom. The molecule has 1 aliphatic carbocycles. The Kier molecular flexibility index (Phi) is 4.88. The monoisotopic (exact) mass is 304 g/mol. The molecule has 0 radical (unpaired) electrons. The number of benzene rings is 1. The van der Waals surface area contributed by atoms with Crippen LogP contribution in [-0.4, -0.2) is 28.8 Å². The van der Waals surface area contributed by atoms with Crippen LogP contribution in [0.4, 0.5) is 0 Å². The minimum Gasteiger partial charge on any atom is -0.393 e. The van der Waals surface area contributed by atoms with Crippen LogP contribution < -0.4 is 5.32 Å². The highest BCUT2D eigenvalue weighted by Gasteiger charge is 2.20. The summed E-state index contributed by atoms with van der Waals surface area (Å²) in [5, 5.41) is 14.6. The average molecular weight is 304 g/mol. The zero-order valence-electron chi connectivity index (χ0n) is 12.6. The number of aliphatic hydroxyl groups excluding tert-OH is 1. The maximum atomic E-state index is 9.72. The lowest BCUT2D eigenvalue weighted by molar-refractivity contribution is 0.0998. The van der Waals surface area contributed by atoms with Crippen LogP contribution >= 0.6 is 11.3 Å². The summed E-state index contributed by atoms with van der Waals surface area (Å²) in [6.45, 7) is 3.24. The van der Waals surface area contributed by atoms with E-state index < -0.39 is 0 Å². The number of fused-ring (bicyclic) bond motifs is 1. The number of hydrogen-bond donors (Lipinski definition) is 2. The molecule has 3 unspecified atom stereocenters. The number of aromatic nitrogens is 1. The summed E-state index contributed by atoms with van der Waals surface area (Å²) < 4.78 is 1.27. The fourth-order valence-electron chi connectivity index (χ4n) is 3.16. The van der Waals surface area contributed by atoms with Crippen molar-refractivity contribution in [3.8, 4) is 0 Å². The molecule has 2 aromatic rings. The number of thiazole rings is 1. The van der Waals surface area contributed by atoms with E-state index in [4.69, 9.17) is 4.98 Å². The van der Waals surface area contributed by atoms with E-state index in [0.717, 1.165) is 31.3 Å². The molecule has 21 heavy (non-hydrogen) atoms. The molecule has 1 aliphatic rings. The normalized spacial score (nSPS) is 24.3. The summed E-state index contributed by atoms with van der Waals surface area (Å²) in [5.41, 5.74) is 1.11. The molecule has 114 valence electrons. The number of rotatable bonds is 5. The van der Waals surface area contributed by atoms with Gasteiger partial charge in [-0.2, -0.15) is 0 Å². The zero-order valence-corrected chi connectivity index (χ0v) is 13.4. The van der Waals surface area contributed by atoms with Crippen molar-refractivity contribution in [3.05, 3.63) is 29.3 Å². The smallest absolute Gasteiger partial charge is 0.0954 e. The molecular formula is C17H24N2OS. The summed E-state index contributed by atoms with van der Waals surface area (Å²) in [4.78, 5) is 4.70. The van der Waals surface area contributed by atoms with Crippen molar-refractivity contribution in [2.75, 3.05) is 6.54 Å². The summed E-state index contributed by atoms with van der Waals surface area (Å²) in [6.07, 6.45) is 5.26. The molecule has 0 aliphatic heterocycles. The summed E-state index contributed by atoms with van der Waals surface area (Å²) in [5.74, 6) is 0.631. The van der Waals surface area contributed by atoms with Gasteiger partial charge in [0.2, 0.25) is 0 Å². The van der Waals surface area contributed by atoms with Gasteiger partial charge in [0.05, 0.1) is 21.3 Å². The van der Waals surface area contributed by atoms with Crippen molar-refractivity contribution in [1.82, 2.24) is 10.3 Å². The Bertz CT molecular complexity index is 550. The topological polar surface area (TPSA) is 45.2 Å². The average Bonchev–Trinajstić information content (AvgIpc) is 2.87. The third-order valence-corrected chi connectivity index (χ3v) is 5.39. The molecule has 3 rings (SSSR count). The molecule has 3 atom stereocenters. The molecule has 1 heterocycles. The molecular weight excluding hydrogens is 280 g/mol. The Labute approximate surface area is 130 Å². The molecule has 1 aromatic heterocycles. The van der Waals surface area contributed by atoms with E-state index in [1.807, 2.05) is 6.07 Å². The third kappa shape index (κ3) is 4.02. The third-order valence-electron chi connectivity index (χ3n) is 4.33. The first-order valence-corrected chi connectivity index (χ1v) is 8.78. The van der Waals surface area contributed by atoms with Crippen LogP contribution in [0.2, 0.25) is 0 Å². The van der Waals surface area contributed by atoms with Crippen molar-refractivity contribution in [2.24, 2.45) is 5.92 Å². The second kappa shape index (κ2) is 6.86. The maximum Gasteiger partial charge on any atom is 0.0954 e. The van der Waals surface area contributed by atoms with E-state index in [1.54, 1.807) is 11.3 Å². The molecule has 0 bridgehead atoms. The van der Waals surface area contributed by atoms with Gasteiger partial charge in [0.15, 0.2) is 0 Å². The largest absolute Gasteiger partial charge is 0.393 e. The Balaban J connectivity index is 1.50. The number of nitrogens with zero attached hydrogens (tertiary/aromatic N) is 1. The van der Waals surface area contributed by atoms with E-state index in [-0.39, 0.29) is 6.10 Å². The lowest BCUT2D eigenvalue weighted by Gasteiger charge is -2.27. The Morgan fingerprint density at radius 1 is 1.38 bits per heavy atom. The maximum absolute atomic E-state index is 9.72. The highest BCUT2D eigenvalue weighted by atomic mass is 32.1. The van der Waals surface area contributed by atoms with Gasteiger partial charge in [-0.25, -0.2) is 4.98 Å². The van der Waals surface area contributed by atoms with Crippen molar-refractivity contribution >= 4 is 21.6 Å². The second-order valence-electron chi connectivity index (χ2n) is 6.28. The fourth-order valence-corrected chi connectivity index (χ4v) is 4.25. The van der Waals surface area contributed by atoms with E-state index >= 15 is 0 Å². The van der Waals surface area contributed by atoms with Gasteiger partial charge in [0.25, 0.3) is 0 Å². The van der Waals surface area contributed by atoms with E-state index in [0.29, 0.717) is 12.0 Å². The van der Waals surface area contributed by atoms with Crippen LogP contribution in [0.3, 0.4) is 0 Å². The zero-order chi connectivity index (χ0) is 14.7. The molecule has 4 heteroatoms. The van der Waals surface area contributed by atoms with Crippen LogP contribution in [0, 0.1) is 5.92 Å². The van der Waals surface area contributed by atoms with Gasteiger partial charge in [-0.3, -0.25) is 0 Å². The highest BCUT2D eigenvalue weighted by molar-refractivity contribution is 7.18.